The van der Waals surface area contributed by atoms with E-state index >= 15 is 0 Å². The monoisotopic (exact) mass is 288 g/mol. The molecule has 0 bridgehead atoms. The minimum absolute atomic E-state index is 0.740. The van der Waals surface area contributed by atoms with Gasteiger partial charge in [-0.25, -0.2) is 0 Å². The van der Waals surface area contributed by atoms with Crippen LogP contribution < -0.4 is 10.1 Å². The molecule has 2 fully saturated rings. The average Bonchev–Trinajstić information content (AvgIpc) is 3.33. The molecule has 0 spiro atoms. The molecule has 1 aliphatic carbocycles. The van der Waals surface area contributed by atoms with E-state index in [4.69, 9.17) is 4.74 Å². The van der Waals surface area contributed by atoms with Crippen LogP contribution >= 0.6 is 0 Å². The van der Waals surface area contributed by atoms with Crippen LogP contribution in [0.4, 0.5) is 0 Å². The van der Waals surface area contributed by atoms with Gasteiger partial charge in [-0.3, -0.25) is 4.90 Å². The number of piperidine rings is 1. The van der Waals surface area contributed by atoms with Gasteiger partial charge in [-0.1, -0.05) is 12.1 Å². The van der Waals surface area contributed by atoms with Crippen LogP contribution in [0.5, 0.6) is 5.75 Å². The van der Waals surface area contributed by atoms with Gasteiger partial charge in [0.1, 0.15) is 5.75 Å². The first-order chi connectivity index (χ1) is 10.3. The number of rotatable bonds is 7. The van der Waals surface area contributed by atoms with E-state index in [9.17, 15) is 0 Å². The quantitative estimate of drug-likeness (QED) is 0.834. The second-order valence-electron chi connectivity index (χ2n) is 6.45. The fourth-order valence-electron chi connectivity index (χ4n) is 3.33. The zero-order valence-electron chi connectivity index (χ0n) is 13.2. The van der Waals surface area contributed by atoms with Gasteiger partial charge in [0.25, 0.3) is 0 Å². The molecule has 1 saturated carbocycles. The Morgan fingerprint density at radius 2 is 2.19 bits per heavy atom. The van der Waals surface area contributed by atoms with Crippen molar-refractivity contribution in [1.82, 2.24) is 10.2 Å². The SMILES string of the molecule is CCOc1cccc(CN(CC2CCCNC2)C2CC2)c1. The van der Waals surface area contributed by atoms with Crippen molar-refractivity contribution < 1.29 is 4.74 Å². The first kappa shape index (κ1) is 14.9. The second kappa shape index (κ2) is 7.28. The topological polar surface area (TPSA) is 24.5 Å². The molecule has 1 atom stereocenters. The Labute approximate surface area is 128 Å². The van der Waals surface area contributed by atoms with Gasteiger partial charge in [-0.05, 0) is 69.3 Å². The molecule has 0 aromatic heterocycles. The van der Waals surface area contributed by atoms with Crippen molar-refractivity contribution in [2.45, 2.75) is 45.2 Å². The number of hydrogen-bond acceptors (Lipinski definition) is 3. The van der Waals surface area contributed by atoms with E-state index in [-0.39, 0.29) is 0 Å². The highest BCUT2D eigenvalue weighted by Gasteiger charge is 2.30. The maximum atomic E-state index is 5.63. The van der Waals surface area contributed by atoms with Crippen LogP contribution in [0, 0.1) is 5.92 Å². The fraction of sp³-hybridized carbons (Fsp3) is 0.667. The lowest BCUT2D eigenvalue weighted by atomic mass is 9.98. The summed E-state index contributed by atoms with van der Waals surface area (Å²) in [5.74, 6) is 1.83. The van der Waals surface area contributed by atoms with E-state index in [1.807, 2.05) is 6.92 Å². The maximum Gasteiger partial charge on any atom is 0.119 e. The molecule has 3 rings (SSSR count). The molecule has 1 heterocycles. The molecular weight excluding hydrogens is 260 g/mol. The lowest BCUT2D eigenvalue weighted by Gasteiger charge is -2.30. The summed E-state index contributed by atoms with van der Waals surface area (Å²) >= 11 is 0. The summed E-state index contributed by atoms with van der Waals surface area (Å²) in [6.45, 7) is 7.50. The highest BCUT2D eigenvalue weighted by atomic mass is 16.5. The molecule has 0 amide bonds. The van der Waals surface area contributed by atoms with Gasteiger partial charge in [-0.2, -0.15) is 0 Å². The molecule has 2 aliphatic rings. The van der Waals surface area contributed by atoms with Crippen molar-refractivity contribution in [3.05, 3.63) is 29.8 Å². The van der Waals surface area contributed by atoms with E-state index in [1.165, 1.54) is 50.9 Å². The zero-order valence-corrected chi connectivity index (χ0v) is 13.2. The average molecular weight is 288 g/mol. The van der Waals surface area contributed by atoms with Gasteiger partial charge in [0.15, 0.2) is 0 Å². The van der Waals surface area contributed by atoms with Crippen molar-refractivity contribution in [3.63, 3.8) is 0 Å². The molecule has 3 nitrogen and oxygen atoms in total. The minimum atomic E-state index is 0.740. The minimum Gasteiger partial charge on any atom is -0.494 e. The van der Waals surface area contributed by atoms with Crippen LogP contribution in [-0.2, 0) is 6.54 Å². The van der Waals surface area contributed by atoms with E-state index < -0.39 is 0 Å². The van der Waals surface area contributed by atoms with Crippen LogP contribution in [0.15, 0.2) is 24.3 Å². The number of hydrogen-bond donors (Lipinski definition) is 1. The predicted molar refractivity (Wildman–Crippen MR) is 86.6 cm³/mol. The number of ether oxygens (including phenoxy) is 1. The molecule has 1 unspecified atom stereocenters. The second-order valence-corrected chi connectivity index (χ2v) is 6.45. The molecule has 21 heavy (non-hydrogen) atoms. The smallest absolute Gasteiger partial charge is 0.119 e. The van der Waals surface area contributed by atoms with Crippen LogP contribution in [0.2, 0.25) is 0 Å². The van der Waals surface area contributed by atoms with Gasteiger partial charge >= 0.3 is 0 Å². The lowest BCUT2D eigenvalue weighted by molar-refractivity contribution is 0.192. The summed E-state index contributed by atoms with van der Waals surface area (Å²) in [5.41, 5.74) is 1.39. The van der Waals surface area contributed by atoms with Crippen molar-refractivity contribution in [1.29, 1.82) is 0 Å². The van der Waals surface area contributed by atoms with Crippen LogP contribution in [0.1, 0.15) is 38.2 Å². The Kier molecular flexibility index (Phi) is 5.15. The maximum absolute atomic E-state index is 5.63. The predicted octanol–water partition coefficient (Wildman–Crippen LogP) is 3.05. The number of nitrogens with one attached hydrogen (secondary N) is 1. The number of nitrogens with zero attached hydrogens (tertiary/aromatic N) is 1. The molecule has 1 aromatic rings. The molecule has 116 valence electrons. The van der Waals surface area contributed by atoms with Crippen LogP contribution in [0.3, 0.4) is 0 Å². The van der Waals surface area contributed by atoms with Gasteiger partial charge in [0.2, 0.25) is 0 Å². The van der Waals surface area contributed by atoms with Crippen molar-refractivity contribution >= 4 is 0 Å². The largest absolute Gasteiger partial charge is 0.494 e. The van der Waals surface area contributed by atoms with Crippen LogP contribution in [-0.4, -0.2) is 37.2 Å². The van der Waals surface area contributed by atoms with Crippen LogP contribution in [0.25, 0.3) is 0 Å². The summed E-state index contributed by atoms with van der Waals surface area (Å²) in [5, 5.41) is 3.54. The molecule has 1 aromatic carbocycles. The molecule has 1 saturated heterocycles. The van der Waals surface area contributed by atoms with Crippen molar-refractivity contribution in [2.24, 2.45) is 5.92 Å². The Balaban J connectivity index is 1.60. The first-order valence-electron chi connectivity index (χ1n) is 8.51. The summed E-state index contributed by atoms with van der Waals surface area (Å²) in [7, 11) is 0. The van der Waals surface area contributed by atoms with Gasteiger partial charge in [0.05, 0.1) is 6.61 Å². The highest BCUT2D eigenvalue weighted by Crippen LogP contribution is 2.30. The van der Waals surface area contributed by atoms with E-state index in [0.29, 0.717) is 0 Å². The summed E-state index contributed by atoms with van der Waals surface area (Å²) < 4.78 is 5.63. The van der Waals surface area contributed by atoms with Gasteiger partial charge < -0.3 is 10.1 Å². The van der Waals surface area contributed by atoms with Crippen molar-refractivity contribution in [2.75, 3.05) is 26.2 Å². The third-order valence-electron chi connectivity index (χ3n) is 4.55. The molecular formula is C18H28N2O. The Hall–Kier alpha value is -1.06. The Morgan fingerprint density at radius 1 is 1.29 bits per heavy atom. The Bertz CT molecular complexity index is 439. The third-order valence-corrected chi connectivity index (χ3v) is 4.55. The summed E-state index contributed by atoms with van der Waals surface area (Å²) in [4.78, 5) is 2.70. The summed E-state index contributed by atoms with van der Waals surface area (Å²) in [6, 6.07) is 9.44. The number of benzene rings is 1. The third kappa shape index (κ3) is 4.45. The van der Waals surface area contributed by atoms with E-state index in [2.05, 4.69) is 34.5 Å². The zero-order chi connectivity index (χ0) is 14.5. The lowest BCUT2D eigenvalue weighted by Crippen LogP contribution is -2.39. The van der Waals surface area contributed by atoms with E-state index in [1.54, 1.807) is 0 Å². The van der Waals surface area contributed by atoms with Crippen molar-refractivity contribution in [3.8, 4) is 5.75 Å². The fourth-order valence-corrected chi connectivity index (χ4v) is 3.33. The molecule has 1 aliphatic heterocycles. The molecule has 3 heteroatoms. The van der Waals surface area contributed by atoms with E-state index in [0.717, 1.165) is 30.9 Å². The summed E-state index contributed by atoms with van der Waals surface area (Å²) in [6.07, 6.45) is 5.48. The molecule has 1 N–H and O–H groups in total. The molecule has 0 radical (unpaired) electrons. The highest BCUT2D eigenvalue weighted by molar-refractivity contribution is 5.28. The normalized spacial score (nSPS) is 22.5. The first-order valence-corrected chi connectivity index (χ1v) is 8.51. The van der Waals surface area contributed by atoms with Gasteiger partial charge in [0, 0.05) is 19.1 Å². The standard InChI is InChI=1S/C18H28N2O/c1-2-21-18-7-3-5-15(11-18)13-20(17-8-9-17)14-16-6-4-10-19-12-16/h3,5,7,11,16-17,19H,2,4,6,8-10,12-14H2,1H3. The van der Waals surface area contributed by atoms with Gasteiger partial charge in [-0.15, -0.1) is 0 Å². The Morgan fingerprint density at radius 3 is 2.90 bits per heavy atom.